The molecule has 1 aliphatic heterocycles. The maximum absolute atomic E-state index is 13.3. The summed E-state index contributed by atoms with van der Waals surface area (Å²) in [6.07, 6.45) is -3.56. The fraction of sp³-hybridized carbons (Fsp3) is 0.308. The van der Waals surface area contributed by atoms with Gasteiger partial charge in [-0.25, -0.2) is 14.2 Å². The first-order chi connectivity index (χ1) is 17.9. The number of methoxy groups -OCH3 is 1. The van der Waals surface area contributed by atoms with Gasteiger partial charge in [0, 0.05) is 26.3 Å². The SMILES string of the molecule is COC1C(OC(=O)c2ccccc2)C(OC(C)=O)OC1n1ccc(=O)n(COCc2ccccc2)c1=O. The molecule has 11 nitrogen and oxygen atoms in total. The van der Waals surface area contributed by atoms with E-state index in [4.69, 9.17) is 23.7 Å². The van der Waals surface area contributed by atoms with Crippen LogP contribution < -0.4 is 11.2 Å². The van der Waals surface area contributed by atoms with Crippen LogP contribution in [0.25, 0.3) is 0 Å². The molecule has 0 N–H and O–H groups in total. The Morgan fingerprint density at radius 1 is 0.919 bits per heavy atom. The number of ether oxygens (including phenoxy) is 5. The second kappa shape index (κ2) is 11.8. The van der Waals surface area contributed by atoms with E-state index >= 15 is 0 Å². The molecule has 3 aromatic rings. The molecule has 1 aromatic heterocycles. The van der Waals surface area contributed by atoms with Crippen LogP contribution in [0.15, 0.2) is 82.5 Å². The summed E-state index contributed by atoms with van der Waals surface area (Å²) in [5, 5.41) is 0. The zero-order valence-corrected chi connectivity index (χ0v) is 20.2. The van der Waals surface area contributed by atoms with Crippen LogP contribution in [0, 0.1) is 0 Å². The quantitative estimate of drug-likeness (QED) is 0.397. The molecule has 194 valence electrons. The van der Waals surface area contributed by atoms with Gasteiger partial charge in [0.15, 0.2) is 12.3 Å². The van der Waals surface area contributed by atoms with Gasteiger partial charge in [-0.2, -0.15) is 0 Å². The Labute approximate surface area is 211 Å². The standard InChI is InChI=1S/C26H26N2O9/c1-17(29)35-25-22(36-24(31)19-11-7-4-8-12-19)21(33-2)23(37-25)27-14-13-20(30)28(26(27)32)16-34-15-18-9-5-3-6-10-18/h3-14,21-23,25H,15-16H2,1-2H3. The summed E-state index contributed by atoms with van der Waals surface area (Å²) in [6.45, 7) is 1.05. The normalized spacial score (nSPS) is 20.9. The summed E-state index contributed by atoms with van der Waals surface area (Å²) < 4.78 is 29.7. The second-order valence-corrected chi connectivity index (χ2v) is 8.18. The number of rotatable bonds is 9. The zero-order chi connectivity index (χ0) is 26.4. The van der Waals surface area contributed by atoms with Crippen molar-refractivity contribution in [2.75, 3.05) is 7.11 Å². The van der Waals surface area contributed by atoms with E-state index in [-0.39, 0.29) is 18.9 Å². The third-order valence-electron chi connectivity index (χ3n) is 5.66. The fourth-order valence-electron chi connectivity index (χ4n) is 3.90. The summed E-state index contributed by atoms with van der Waals surface area (Å²) >= 11 is 0. The van der Waals surface area contributed by atoms with Crippen LogP contribution in [-0.4, -0.2) is 46.7 Å². The Bertz CT molecular complexity index is 1340. The van der Waals surface area contributed by atoms with Gasteiger partial charge in [0.25, 0.3) is 5.56 Å². The number of benzene rings is 2. The van der Waals surface area contributed by atoms with Gasteiger partial charge in [0.2, 0.25) is 6.29 Å². The maximum Gasteiger partial charge on any atom is 0.338 e. The van der Waals surface area contributed by atoms with Crippen molar-refractivity contribution in [1.82, 2.24) is 9.13 Å². The summed E-state index contributed by atoms with van der Waals surface area (Å²) in [6, 6.07) is 18.7. The van der Waals surface area contributed by atoms with Crippen molar-refractivity contribution in [2.24, 2.45) is 0 Å². The van der Waals surface area contributed by atoms with E-state index in [2.05, 4.69) is 0 Å². The predicted octanol–water partition coefficient (Wildman–Crippen LogP) is 1.84. The number of hydrogen-bond acceptors (Lipinski definition) is 9. The van der Waals surface area contributed by atoms with Crippen LogP contribution in [0.2, 0.25) is 0 Å². The Hall–Kier alpha value is -4.06. The van der Waals surface area contributed by atoms with E-state index in [0.717, 1.165) is 14.7 Å². The minimum atomic E-state index is -1.36. The van der Waals surface area contributed by atoms with Crippen molar-refractivity contribution in [3.05, 3.63) is 105 Å². The average molecular weight is 510 g/mol. The molecule has 11 heteroatoms. The Morgan fingerprint density at radius 3 is 2.24 bits per heavy atom. The molecular weight excluding hydrogens is 484 g/mol. The molecule has 1 fully saturated rings. The summed E-state index contributed by atoms with van der Waals surface area (Å²) in [4.78, 5) is 50.2. The highest BCUT2D eigenvalue weighted by Gasteiger charge is 2.51. The van der Waals surface area contributed by atoms with Crippen LogP contribution in [0.3, 0.4) is 0 Å². The topological polar surface area (TPSA) is 124 Å². The van der Waals surface area contributed by atoms with Crippen LogP contribution >= 0.6 is 0 Å². The molecule has 4 unspecified atom stereocenters. The van der Waals surface area contributed by atoms with Crippen LogP contribution in [0.1, 0.15) is 29.1 Å². The van der Waals surface area contributed by atoms with E-state index < -0.39 is 47.9 Å². The lowest BCUT2D eigenvalue weighted by Crippen LogP contribution is -2.44. The number of carbonyl (C=O) groups excluding carboxylic acids is 2. The Balaban J connectivity index is 1.59. The van der Waals surface area contributed by atoms with E-state index in [0.29, 0.717) is 0 Å². The molecule has 37 heavy (non-hydrogen) atoms. The number of nitrogens with zero attached hydrogens (tertiary/aromatic N) is 2. The third kappa shape index (κ3) is 6.02. The molecule has 2 aromatic carbocycles. The van der Waals surface area contributed by atoms with Crippen molar-refractivity contribution in [3.8, 4) is 0 Å². The Morgan fingerprint density at radius 2 is 1.59 bits per heavy atom. The largest absolute Gasteiger partial charge is 0.449 e. The van der Waals surface area contributed by atoms with Gasteiger partial charge < -0.3 is 23.7 Å². The number of aromatic nitrogens is 2. The highest BCUT2D eigenvalue weighted by Crippen LogP contribution is 2.33. The molecule has 1 saturated heterocycles. The third-order valence-corrected chi connectivity index (χ3v) is 5.66. The smallest absolute Gasteiger partial charge is 0.338 e. The van der Waals surface area contributed by atoms with Crippen molar-refractivity contribution >= 4 is 11.9 Å². The molecule has 0 radical (unpaired) electrons. The van der Waals surface area contributed by atoms with Gasteiger partial charge in [-0.15, -0.1) is 0 Å². The zero-order valence-electron chi connectivity index (χ0n) is 20.2. The van der Waals surface area contributed by atoms with Crippen LogP contribution in [0.5, 0.6) is 0 Å². The number of carbonyl (C=O) groups is 2. The van der Waals surface area contributed by atoms with E-state index in [1.165, 1.54) is 26.3 Å². The van der Waals surface area contributed by atoms with E-state index in [1.807, 2.05) is 30.3 Å². The Kier molecular flexibility index (Phi) is 8.29. The van der Waals surface area contributed by atoms with Gasteiger partial charge in [-0.1, -0.05) is 48.5 Å². The molecule has 2 heterocycles. The first kappa shape index (κ1) is 26.0. The van der Waals surface area contributed by atoms with E-state index in [1.54, 1.807) is 30.3 Å². The highest BCUT2D eigenvalue weighted by molar-refractivity contribution is 5.89. The minimum Gasteiger partial charge on any atom is -0.449 e. The summed E-state index contributed by atoms with van der Waals surface area (Å²) in [5.74, 6) is -1.38. The molecule has 0 aliphatic carbocycles. The van der Waals surface area contributed by atoms with Gasteiger partial charge in [-0.3, -0.25) is 14.2 Å². The summed E-state index contributed by atoms with van der Waals surface area (Å²) in [5.41, 5.74) is -0.185. The van der Waals surface area contributed by atoms with Crippen LogP contribution in [0.4, 0.5) is 0 Å². The molecule has 1 aliphatic rings. The first-order valence-electron chi connectivity index (χ1n) is 11.4. The van der Waals surface area contributed by atoms with Gasteiger partial charge in [0.1, 0.15) is 12.8 Å². The lowest BCUT2D eigenvalue weighted by atomic mass is 10.2. The molecular formula is C26H26N2O9. The second-order valence-electron chi connectivity index (χ2n) is 8.18. The molecule has 0 bridgehead atoms. The number of esters is 2. The lowest BCUT2D eigenvalue weighted by Gasteiger charge is -2.23. The van der Waals surface area contributed by atoms with Crippen molar-refractivity contribution in [2.45, 2.75) is 45.0 Å². The average Bonchev–Trinajstić information content (AvgIpc) is 3.22. The summed E-state index contributed by atoms with van der Waals surface area (Å²) in [7, 11) is 1.34. The highest BCUT2D eigenvalue weighted by atomic mass is 16.7. The number of hydrogen-bond donors (Lipinski definition) is 0. The van der Waals surface area contributed by atoms with Gasteiger partial charge in [0.05, 0.1) is 12.2 Å². The molecule has 4 atom stereocenters. The van der Waals surface area contributed by atoms with Gasteiger partial charge >= 0.3 is 17.6 Å². The van der Waals surface area contributed by atoms with Crippen molar-refractivity contribution in [1.29, 1.82) is 0 Å². The molecule has 0 saturated carbocycles. The van der Waals surface area contributed by atoms with Crippen LogP contribution in [-0.2, 0) is 41.8 Å². The van der Waals surface area contributed by atoms with E-state index in [9.17, 15) is 19.2 Å². The maximum atomic E-state index is 13.3. The fourth-order valence-corrected chi connectivity index (χ4v) is 3.90. The van der Waals surface area contributed by atoms with Gasteiger partial charge in [-0.05, 0) is 17.7 Å². The molecule has 0 spiro atoms. The lowest BCUT2D eigenvalue weighted by molar-refractivity contribution is -0.191. The predicted molar refractivity (Wildman–Crippen MR) is 128 cm³/mol. The first-order valence-corrected chi connectivity index (χ1v) is 11.4. The molecule has 4 rings (SSSR count). The van der Waals surface area contributed by atoms with Crippen molar-refractivity contribution < 1.29 is 33.3 Å². The molecule has 0 amide bonds. The van der Waals surface area contributed by atoms with Crippen molar-refractivity contribution in [3.63, 3.8) is 0 Å². The minimum absolute atomic E-state index is 0.189. The monoisotopic (exact) mass is 510 g/mol.